The van der Waals surface area contributed by atoms with Gasteiger partial charge in [-0.3, -0.25) is 4.79 Å². The first-order chi connectivity index (χ1) is 12.3. The number of hydrogen-bond acceptors (Lipinski definition) is 2. The zero-order valence-corrected chi connectivity index (χ0v) is 14.0. The molecule has 0 radical (unpaired) electrons. The van der Waals surface area contributed by atoms with Crippen LogP contribution < -0.4 is 16.0 Å². The third kappa shape index (κ3) is 5.51. The van der Waals surface area contributed by atoms with Gasteiger partial charge in [-0.15, -0.1) is 0 Å². The van der Waals surface area contributed by atoms with Gasteiger partial charge in [-0.25, -0.2) is 4.79 Å². The third-order valence-electron chi connectivity index (χ3n) is 3.45. The summed E-state index contributed by atoms with van der Waals surface area (Å²) in [5.74, 6) is -0.215. The van der Waals surface area contributed by atoms with Crippen LogP contribution in [-0.4, -0.2) is 18.5 Å². The molecule has 3 amide bonds. The summed E-state index contributed by atoms with van der Waals surface area (Å²) >= 11 is 0. The van der Waals surface area contributed by atoms with Crippen LogP contribution in [0.1, 0.15) is 28.4 Å². The second kappa shape index (κ2) is 8.37. The van der Waals surface area contributed by atoms with E-state index < -0.39 is 17.8 Å². The van der Waals surface area contributed by atoms with Crippen LogP contribution in [0.15, 0.2) is 48.5 Å². The molecule has 0 aliphatic carbocycles. The predicted molar refractivity (Wildman–Crippen MR) is 91.8 cm³/mol. The van der Waals surface area contributed by atoms with Crippen molar-refractivity contribution >= 4 is 17.6 Å². The highest BCUT2D eigenvalue weighted by molar-refractivity contribution is 5.95. The number of nitrogens with one attached hydrogen (secondary N) is 3. The highest BCUT2D eigenvalue weighted by atomic mass is 19.4. The number of halogens is 3. The highest BCUT2D eigenvalue weighted by Crippen LogP contribution is 2.29. The maximum atomic E-state index is 12.7. The van der Waals surface area contributed by atoms with Gasteiger partial charge in [0.15, 0.2) is 0 Å². The fraction of sp³-hybridized carbons (Fsp3) is 0.222. The van der Waals surface area contributed by atoms with E-state index in [0.717, 1.165) is 12.1 Å². The summed E-state index contributed by atoms with van der Waals surface area (Å²) < 4.78 is 38.0. The van der Waals surface area contributed by atoms with Crippen LogP contribution in [0.25, 0.3) is 0 Å². The fourth-order valence-electron chi connectivity index (χ4n) is 2.18. The van der Waals surface area contributed by atoms with E-state index in [2.05, 4.69) is 16.0 Å². The number of carbonyl (C=O) groups excluding carboxylic acids is 2. The van der Waals surface area contributed by atoms with Gasteiger partial charge in [-0.1, -0.05) is 12.1 Å². The first-order valence-electron chi connectivity index (χ1n) is 7.89. The molecule has 3 N–H and O–H groups in total. The van der Waals surface area contributed by atoms with Crippen molar-refractivity contribution in [2.24, 2.45) is 0 Å². The van der Waals surface area contributed by atoms with Gasteiger partial charge in [0.1, 0.15) is 0 Å². The maximum Gasteiger partial charge on any atom is 0.416 e. The molecule has 2 aromatic rings. The lowest BCUT2D eigenvalue weighted by Crippen LogP contribution is -2.28. The molecule has 0 saturated carbocycles. The smallest absolute Gasteiger partial charge is 0.352 e. The Bertz CT molecular complexity index is 774. The molecule has 0 aromatic heterocycles. The SMILES string of the molecule is CCNC(=O)c1ccc(NC(=O)NCc2cccc(C(F)(F)F)c2)cc1. The highest BCUT2D eigenvalue weighted by Gasteiger charge is 2.30. The second-order valence-corrected chi connectivity index (χ2v) is 5.44. The minimum absolute atomic E-state index is 0.0489. The van der Waals surface area contributed by atoms with Gasteiger partial charge in [0.25, 0.3) is 5.91 Å². The lowest BCUT2D eigenvalue weighted by molar-refractivity contribution is -0.137. The first-order valence-corrected chi connectivity index (χ1v) is 7.89. The van der Waals surface area contributed by atoms with E-state index in [-0.39, 0.29) is 12.5 Å². The van der Waals surface area contributed by atoms with E-state index >= 15 is 0 Å². The number of alkyl halides is 3. The monoisotopic (exact) mass is 365 g/mol. The van der Waals surface area contributed by atoms with Gasteiger partial charge in [-0.2, -0.15) is 13.2 Å². The molecule has 0 aliphatic rings. The lowest BCUT2D eigenvalue weighted by Gasteiger charge is -2.11. The van der Waals surface area contributed by atoms with E-state index in [4.69, 9.17) is 0 Å². The van der Waals surface area contributed by atoms with E-state index in [1.807, 2.05) is 6.92 Å². The molecule has 0 aliphatic heterocycles. The first kappa shape index (κ1) is 19.3. The summed E-state index contributed by atoms with van der Waals surface area (Å²) in [6.45, 7) is 2.27. The van der Waals surface area contributed by atoms with Gasteiger partial charge < -0.3 is 16.0 Å². The Morgan fingerprint density at radius 3 is 2.31 bits per heavy atom. The number of amides is 3. The van der Waals surface area contributed by atoms with Crippen molar-refractivity contribution in [2.75, 3.05) is 11.9 Å². The van der Waals surface area contributed by atoms with E-state index in [1.54, 1.807) is 24.3 Å². The molecular weight excluding hydrogens is 347 g/mol. The number of anilines is 1. The summed E-state index contributed by atoms with van der Waals surface area (Å²) in [6.07, 6.45) is -4.43. The van der Waals surface area contributed by atoms with Crippen LogP contribution in [0.5, 0.6) is 0 Å². The van der Waals surface area contributed by atoms with Crippen molar-refractivity contribution in [3.8, 4) is 0 Å². The molecule has 0 heterocycles. The number of carbonyl (C=O) groups is 2. The van der Waals surface area contributed by atoms with Crippen LogP contribution in [0, 0.1) is 0 Å². The Kier molecular flexibility index (Phi) is 6.21. The molecule has 0 spiro atoms. The van der Waals surface area contributed by atoms with Crippen LogP contribution in [0.3, 0.4) is 0 Å². The number of urea groups is 1. The molecule has 2 aromatic carbocycles. The Morgan fingerprint density at radius 2 is 1.69 bits per heavy atom. The molecule has 0 bridgehead atoms. The minimum atomic E-state index is -4.43. The van der Waals surface area contributed by atoms with E-state index in [9.17, 15) is 22.8 Å². The molecule has 0 unspecified atom stereocenters. The normalized spacial score (nSPS) is 10.9. The van der Waals surface area contributed by atoms with Crippen LogP contribution >= 0.6 is 0 Å². The van der Waals surface area contributed by atoms with E-state index in [0.29, 0.717) is 23.4 Å². The number of benzene rings is 2. The molecule has 5 nitrogen and oxygen atoms in total. The van der Waals surface area contributed by atoms with E-state index in [1.165, 1.54) is 12.1 Å². The summed E-state index contributed by atoms with van der Waals surface area (Å²) in [6, 6.07) is 10.4. The van der Waals surface area contributed by atoms with Crippen molar-refractivity contribution in [3.63, 3.8) is 0 Å². The number of rotatable bonds is 5. The van der Waals surface area contributed by atoms with Gasteiger partial charge in [0, 0.05) is 24.3 Å². The summed E-state index contributed by atoms with van der Waals surface area (Å²) in [7, 11) is 0. The summed E-state index contributed by atoms with van der Waals surface area (Å²) in [5.41, 5.74) is 0.487. The lowest BCUT2D eigenvalue weighted by atomic mass is 10.1. The Labute approximate surface area is 148 Å². The molecule has 26 heavy (non-hydrogen) atoms. The van der Waals surface area contributed by atoms with Gasteiger partial charge in [0.05, 0.1) is 5.56 Å². The Balaban J connectivity index is 1.90. The van der Waals surface area contributed by atoms with Gasteiger partial charge in [0.2, 0.25) is 0 Å². The minimum Gasteiger partial charge on any atom is -0.352 e. The topological polar surface area (TPSA) is 70.2 Å². The van der Waals surface area contributed by atoms with Gasteiger partial charge >= 0.3 is 12.2 Å². The largest absolute Gasteiger partial charge is 0.416 e. The fourth-order valence-corrected chi connectivity index (χ4v) is 2.18. The Hall–Kier alpha value is -3.03. The maximum absolute atomic E-state index is 12.7. The molecule has 0 fully saturated rings. The summed E-state index contributed by atoms with van der Waals surface area (Å²) in [5, 5.41) is 7.70. The van der Waals surface area contributed by atoms with Gasteiger partial charge in [-0.05, 0) is 48.9 Å². The van der Waals surface area contributed by atoms with Crippen LogP contribution in [0.2, 0.25) is 0 Å². The van der Waals surface area contributed by atoms with Crippen molar-refractivity contribution in [2.45, 2.75) is 19.6 Å². The third-order valence-corrected chi connectivity index (χ3v) is 3.45. The molecule has 138 valence electrons. The average molecular weight is 365 g/mol. The predicted octanol–water partition coefficient (Wildman–Crippen LogP) is 3.78. The second-order valence-electron chi connectivity index (χ2n) is 5.44. The summed E-state index contributed by atoms with van der Waals surface area (Å²) in [4.78, 5) is 23.5. The standard InChI is InChI=1S/C18H18F3N3O2/c1-2-22-16(25)13-6-8-15(9-7-13)24-17(26)23-11-12-4-3-5-14(10-12)18(19,20)21/h3-10H,2,11H2,1H3,(H,22,25)(H2,23,24,26). The van der Waals surface area contributed by atoms with Crippen molar-refractivity contribution < 1.29 is 22.8 Å². The zero-order valence-electron chi connectivity index (χ0n) is 14.0. The molecule has 8 heteroatoms. The average Bonchev–Trinajstić information content (AvgIpc) is 2.60. The van der Waals surface area contributed by atoms with Crippen molar-refractivity contribution in [1.82, 2.24) is 10.6 Å². The zero-order chi connectivity index (χ0) is 19.2. The molecular formula is C18H18F3N3O2. The number of hydrogen-bond donors (Lipinski definition) is 3. The van der Waals surface area contributed by atoms with Crippen molar-refractivity contribution in [3.05, 3.63) is 65.2 Å². The van der Waals surface area contributed by atoms with Crippen molar-refractivity contribution in [1.29, 1.82) is 0 Å². The van der Waals surface area contributed by atoms with Crippen LogP contribution in [0.4, 0.5) is 23.7 Å². The molecule has 2 rings (SSSR count). The molecule has 0 atom stereocenters. The van der Waals surface area contributed by atoms with Crippen LogP contribution in [-0.2, 0) is 12.7 Å². The Morgan fingerprint density at radius 1 is 1.00 bits per heavy atom. The quantitative estimate of drug-likeness (QED) is 0.755. The molecule has 0 saturated heterocycles.